The number of nitrogens with zero attached hydrogens (tertiary/aromatic N) is 7. The molecule has 2 aromatic carbocycles. The molecule has 1 spiro atoms. The molecule has 2 aromatic heterocycles. The second-order valence-corrected chi connectivity index (χ2v) is 16.9. The molecule has 0 bridgehead atoms. The van der Waals surface area contributed by atoms with Gasteiger partial charge in [0, 0.05) is 78.8 Å². The van der Waals surface area contributed by atoms with Crippen molar-refractivity contribution in [3.05, 3.63) is 82.6 Å². The highest BCUT2D eigenvalue weighted by molar-refractivity contribution is 7.13. The number of imidazole rings is 1. The third kappa shape index (κ3) is 6.46. The summed E-state index contributed by atoms with van der Waals surface area (Å²) < 4.78 is 32.4. The van der Waals surface area contributed by atoms with Gasteiger partial charge in [-0.3, -0.25) is 24.6 Å². The smallest absolute Gasteiger partial charge is 0.255 e. The second kappa shape index (κ2) is 13.6. The number of alkyl halides is 1. The van der Waals surface area contributed by atoms with Crippen LogP contribution in [-0.2, 0) is 29.1 Å². The van der Waals surface area contributed by atoms with E-state index in [1.807, 2.05) is 38.6 Å². The Morgan fingerprint density at radius 3 is 2.52 bits per heavy atom. The van der Waals surface area contributed by atoms with Crippen molar-refractivity contribution in [1.82, 2.24) is 29.2 Å². The molecular weight excluding hydrogens is 711 g/mol. The van der Waals surface area contributed by atoms with Gasteiger partial charge in [0.1, 0.15) is 11.5 Å². The van der Waals surface area contributed by atoms with Crippen LogP contribution in [0.3, 0.4) is 0 Å². The number of fused-ring (bicyclic) bond motifs is 2. The van der Waals surface area contributed by atoms with Crippen LogP contribution in [0.4, 0.5) is 19.6 Å². The number of carbonyl (C=O) groups is 3. The molecule has 4 aromatic rings. The monoisotopic (exact) mass is 754 g/mol. The maximum absolute atomic E-state index is 15.9. The van der Waals surface area contributed by atoms with Crippen molar-refractivity contribution in [2.75, 3.05) is 56.0 Å². The summed E-state index contributed by atoms with van der Waals surface area (Å²) in [6.07, 6.45) is 8.23. The first-order valence-corrected chi connectivity index (χ1v) is 19.8. The molecule has 0 radical (unpaired) electrons. The van der Waals surface area contributed by atoms with Crippen LogP contribution in [0.1, 0.15) is 72.4 Å². The van der Waals surface area contributed by atoms with Crippen molar-refractivity contribution in [1.29, 1.82) is 0 Å². The fourth-order valence-electron chi connectivity index (χ4n) is 9.24. The van der Waals surface area contributed by atoms with E-state index in [0.29, 0.717) is 35.9 Å². The van der Waals surface area contributed by atoms with Crippen LogP contribution >= 0.6 is 11.3 Å². The number of benzene rings is 2. The zero-order chi connectivity index (χ0) is 37.2. The van der Waals surface area contributed by atoms with Crippen LogP contribution < -0.4 is 10.2 Å². The van der Waals surface area contributed by atoms with Gasteiger partial charge in [0.25, 0.3) is 11.8 Å². The number of nitrogens with one attached hydrogen (secondary N) is 1. The summed E-state index contributed by atoms with van der Waals surface area (Å²) in [6.45, 7) is 7.08. The summed E-state index contributed by atoms with van der Waals surface area (Å²) in [5.41, 5.74) is 3.39. The summed E-state index contributed by atoms with van der Waals surface area (Å²) in [5, 5.41) is 5.02. The van der Waals surface area contributed by atoms with E-state index in [0.717, 1.165) is 88.3 Å². The van der Waals surface area contributed by atoms with Gasteiger partial charge in [-0.2, -0.15) is 0 Å². The molecule has 282 valence electrons. The lowest BCUT2D eigenvalue weighted by Gasteiger charge is -2.55. The number of anilines is 2. The van der Waals surface area contributed by atoms with E-state index in [2.05, 4.69) is 20.2 Å². The third-order valence-corrected chi connectivity index (χ3v) is 12.9. The molecule has 3 amide bonds. The Morgan fingerprint density at radius 1 is 0.981 bits per heavy atom. The quantitative estimate of drug-likeness (QED) is 0.247. The maximum atomic E-state index is 15.9. The molecule has 7 heterocycles. The van der Waals surface area contributed by atoms with Gasteiger partial charge in [-0.15, -0.1) is 11.3 Å². The Kier molecular flexibility index (Phi) is 8.80. The summed E-state index contributed by atoms with van der Waals surface area (Å²) in [6, 6.07) is 10.2. The number of likely N-dealkylation sites (tertiary alicyclic amines) is 2. The van der Waals surface area contributed by atoms with Gasteiger partial charge in [-0.1, -0.05) is 12.1 Å². The van der Waals surface area contributed by atoms with Crippen molar-refractivity contribution in [3.8, 4) is 11.1 Å². The van der Waals surface area contributed by atoms with E-state index in [-0.39, 0.29) is 29.0 Å². The van der Waals surface area contributed by atoms with Gasteiger partial charge in [-0.25, -0.2) is 18.7 Å². The molecule has 3 saturated heterocycles. The highest BCUT2D eigenvalue weighted by Gasteiger charge is 2.46. The Morgan fingerprint density at radius 2 is 1.78 bits per heavy atom. The first-order chi connectivity index (χ1) is 26.0. The molecule has 2 atom stereocenters. The first-order valence-electron chi connectivity index (χ1n) is 19.0. The normalized spacial score (nSPS) is 22.6. The number of hydrogen-bond donors (Lipinski definition) is 1. The predicted molar refractivity (Wildman–Crippen MR) is 201 cm³/mol. The Bertz CT molecular complexity index is 2090. The Balaban J connectivity index is 0.853. The van der Waals surface area contributed by atoms with Gasteiger partial charge < -0.3 is 19.3 Å². The SMILES string of the molecule is CC1(F)CCCN(CC(=O)N2CCC3(CC2)CN(c2ccc(-c4cc(F)c5c(c4)C(=O)N(C(C(=O)Nc4nccs4)c4ncn6c4CCC6)C5)cc2)C3)C1. The Hall–Kier alpha value is -4.69. The number of rotatable bonds is 8. The van der Waals surface area contributed by atoms with Crippen LogP contribution in [0.25, 0.3) is 11.1 Å². The zero-order valence-corrected chi connectivity index (χ0v) is 31.2. The average Bonchev–Trinajstić information content (AvgIpc) is 3.95. The number of thiazole rings is 1. The largest absolute Gasteiger partial charge is 0.370 e. The lowest BCUT2D eigenvalue weighted by molar-refractivity contribution is -0.136. The van der Waals surface area contributed by atoms with Crippen molar-refractivity contribution in [2.24, 2.45) is 5.41 Å². The number of amides is 3. The van der Waals surface area contributed by atoms with Gasteiger partial charge in [0.2, 0.25) is 5.91 Å². The summed E-state index contributed by atoms with van der Waals surface area (Å²) in [5.74, 6) is -1.22. The van der Waals surface area contributed by atoms with Crippen LogP contribution in [0.5, 0.6) is 0 Å². The predicted octanol–water partition coefficient (Wildman–Crippen LogP) is 5.68. The van der Waals surface area contributed by atoms with E-state index in [1.54, 1.807) is 30.9 Å². The molecule has 5 aliphatic heterocycles. The highest BCUT2D eigenvalue weighted by atomic mass is 32.1. The minimum atomic E-state index is -1.22. The maximum Gasteiger partial charge on any atom is 0.255 e. The van der Waals surface area contributed by atoms with E-state index in [4.69, 9.17) is 0 Å². The van der Waals surface area contributed by atoms with Gasteiger partial charge in [-0.05, 0) is 87.4 Å². The molecule has 3 fully saturated rings. The molecular formula is C40H44F2N8O3S. The van der Waals surface area contributed by atoms with Crippen molar-refractivity contribution in [3.63, 3.8) is 0 Å². The molecule has 2 unspecified atom stereocenters. The average molecular weight is 755 g/mol. The second-order valence-electron chi connectivity index (χ2n) is 16.0. The highest BCUT2D eigenvalue weighted by Crippen LogP contribution is 2.44. The standard InChI is InChI=1S/C40H44F2N8O3S/c1-39(42)9-3-13-46(22-39)21-33(51)47-15-10-40(11-16-47)23-49(24-40)28-7-5-26(6-8-28)27-18-29-30(31(41)19-27)20-50(37(29)53)35(36(52)45-38-43-12-17-54-38)34-32-4-2-14-48(32)25-44-34/h5-8,12,17-19,25,35H,2-4,9-11,13-16,20-24H2,1H3,(H,43,45,52). The van der Waals surface area contributed by atoms with Gasteiger partial charge >= 0.3 is 0 Å². The van der Waals surface area contributed by atoms with E-state index >= 15 is 4.39 Å². The number of piperidine rings is 2. The summed E-state index contributed by atoms with van der Waals surface area (Å²) in [7, 11) is 0. The van der Waals surface area contributed by atoms with Crippen molar-refractivity contribution in [2.45, 2.75) is 70.2 Å². The van der Waals surface area contributed by atoms with Crippen LogP contribution in [0.15, 0.2) is 54.3 Å². The molecule has 11 nitrogen and oxygen atoms in total. The van der Waals surface area contributed by atoms with E-state index < -0.39 is 29.3 Å². The molecule has 0 saturated carbocycles. The number of aryl methyl sites for hydroxylation is 1. The van der Waals surface area contributed by atoms with Crippen molar-refractivity contribution < 1.29 is 23.2 Å². The molecule has 1 N–H and O–H groups in total. The topological polar surface area (TPSA) is 107 Å². The first kappa shape index (κ1) is 35.0. The van der Waals surface area contributed by atoms with Crippen LogP contribution in [0.2, 0.25) is 0 Å². The molecule has 9 rings (SSSR count). The summed E-state index contributed by atoms with van der Waals surface area (Å²) in [4.78, 5) is 57.3. The lowest BCUT2D eigenvalue weighted by atomic mass is 9.71. The fourth-order valence-corrected chi connectivity index (χ4v) is 9.78. The molecule has 0 aliphatic carbocycles. The number of hydrogen-bond acceptors (Lipinski definition) is 8. The summed E-state index contributed by atoms with van der Waals surface area (Å²) >= 11 is 1.28. The zero-order valence-electron chi connectivity index (χ0n) is 30.4. The minimum Gasteiger partial charge on any atom is -0.370 e. The van der Waals surface area contributed by atoms with E-state index in [9.17, 15) is 18.8 Å². The van der Waals surface area contributed by atoms with Crippen LogP contribution in [-0.4, -0.2) is 98.4 Å². The number of halogens is 2. The van der Waals surface area contributed by atoms with Gasteiger partial charge in [0.15, 0.2) is 11.2 Å². The number of carbonyl (C=O) groups excluding carboxylic acids is 3. The van der Waals surface area contributed by atoms with Crippen molar-refractivity contribution >= 4 is 39.9 Å². The fraction of sp³-hybridized carbons (Fsp3) is 0.475. The Labute approximate surface area is 317 Å². The molecule has 54 heavy (non-hydrogen) atoms. The number of aromatic nitrogens is 3. The van der Waals surface area contributed by atoms with E-state index in [1.165, 1.54) is 22.3 Å². The van der Waals surface area contributed by atoms with Gasteiger partial charge in [0.05, 0.1) is 25.1 Å². The molecule has 5 aliphatic rings. The molecule has 14 heteroatoms. The third-order valence-electron chi connectivity index (χ3n) is 12.2. The van der Waals surface area contributed by atoms with Crippen LogP contribution in [0, 0.1) is 11.2 Å². The minimum absolute atomic E-state index is 0.0405. The lowest BCUT2D eigenvalue weighted by Crippen LogP contribution is -2.61.